The fourth-order valence-electron chi connectivity index (χ4n) is 2.14. The van der Waals surface area contributed by atoms with E-state index in [1.54, 1.807) is 0 Å². The first-order valence-corrected chi connectivity index (χ1v) is 6.07. The molecule has 1 aromatic carbocycles. The van der Waals surface area contributed by atoms with Gasteiger partial charge in [-0.15, -0.1) is 0 Å². The van der Waals surface area contributed by atoms with E-state index in [2.05, 4.69) is 15.1 Å². The highest BCUT2D eigenvalue weighted by Crippen LogP contribution is 2.18. The molecule has 0 atom stereocenters. The lowest BCUT2D eigenvalue weighted by Crippen LogP contribution is -1.91. The van der Waals surface area contributed by atoms with Crippen molar-refractivity contribution in [2.75, 3.05) is 0 Å². The Hall–Kier alpha value is -2.75. The minimum Gasteiger partial charge on any atom is -0.240 e. The van der Waals surface area contributed by atoms with Gasteiger partial charge in [-0.05, 0) is 24.3 Å². The molecule has 0 unspecified atom stereocenters. The van der Waals surface area contributed by atoms with E-state index in [-0.39, 0.29) is 0 Å². The highest BCUT2D eigenvalue weighted by Gasteiger charge is 2.07. The first-order valence-electron chi connectivity index (χ1n) is 6.07. The topological polar surface area (TPSA) is 43.1 Å². The smallest absolute Gasteiger partial charge is 0.180 e. The van der Waals surface area contributed by atoms with Gasteiger partial charge in [-0.3, -0.25) is 0 Å². The van der Waals surface area contributed by atoms with Gasteiger partial charge in [0.15, 0.2) is 5.82 Å². The standard InChI is InChI=1S/C15H10N4/c1-2-7-13-11(5-1)10-16-15(17-13)14-9-12-6-3-4-8-19(12)18-14/h1-10H. The van der Waals surface area contributed by atoms with E-state index in [4.69, 9.17) is 0 Å². The van der Waals surface area contributed by atoms with Crippen molar-refractivity contribution < 1.29 is 0 Å². The second kappa shape index (κ2) is 3.88. The Morgan fingerprint density at radius 3 is 2.79 bits per heavy atom. The van der Waals surface area contributed by atoms with E-state index >= 15 is 0 Å². The van der Waals surface area contributed by atoms with E-state index in [0.29, 0.717) is 5.82 Å². The van der Waals surface area contributed by atoms with Crippen LogP contribution in [0.4, 0.5) is 0 Å². The number of pyridine rings is 1. The molecule has 0 spiro atoms. The number of aromatic nitrogens is 4. The van der Waals surface area contributed by atoms with Crippen molar-refractivity contribution in [3.63, 3.8) is 0 Å². The molecule has 4 nitrogen and oxygen atoms in total. The molecule has 0 saturated carbocycles. The zero-order valence-electron chi connectivity index (χ0n) is 10.1. The number of benzene rings is 1. The van der Waals surface area contributed by atoms with Crippen LogP contribution < -0.4 is 0 Å². The highest BCUT2D eigenvalue weighted by molar-refractivity contribution is 5.79. The van der Waals surface area contributed by atoms with Crippen molar-refractivity contribution in [2.45, 2.75) is 0 Å². The van der Waals surface area contributed by atoms with Crippen LogP contribution in [0.5, 0.6) is 0 Å². The molecule has 3 aromatic heterocycles. The fraction of sp³-hybridized carbons (Fsp3) is 0. The minimum absolute atomic E-state index is 0.655. The first-order chi connectivity index (χ1) is 9.40. The molecule has 3 heterocycles. The summed E-state index contributed by atoms with van der Waals surface area (Å²) in [5.41, 5.74) is 2.76. The molecular weight excluding hydrogens is 236 g/mol. The predicted molar refractivity (Wildman–Crippen MR) is 73.7 cm³/mol. The number of rotatable bonds is 1. The maximum Gasteiger partial charge on any atom is 0.180 e. The highest BCUT2D eigenvalue weighted by atomic mass is 15.2. The number of para-hydroxylation sites is 1. The van der Waals surface area contributed by atoms with Crippen molar-refractivity contribution in [3.8, 4) is 11.5 Å². The van der Waals surface area contributed by atoms with Crippen LogP contribution in [-0.4, -0.2) is 19.6 Å². The van der Waals surface area contributed by atoms with Gasteiger partial charge in [-0.2, -0.15) is 5.10 Å². The molecule has 0 aliphatic carbocycles. The minimum atomic E-state index is 0.655. The third kappa shape index (κ3) is 1.65. The van der Waals surface area contributed by atoms with Crippen LogP contribution in [0.3, 0.4) is 0 Å². The summed E-state index contributed by atoms with van der Waals surface area (Å²) in [7, 11) is 0. The molecule has 0 fully saturated rings. The van der Waals surface area contributed by atoms with E-state index < -0.39 is 0 Å². The Bertz CT molecular complexity index is 846. The summed E-state index contributed by atoms with van der Waals surface area (Å²) in [6.45, 7) is 0. The van der Waals surface area contributed by atoms with Gasteiger partial charge in [0, 0.05) is 17.8 Å². The van der Waals surface area contributed by atoms with Gasteiger partial charge in [0.2, 0.25) is 0 Å². The van der Waals surface area contributed by atoms with Crippen molar-refractivity contribution in [3.05, 3.63) is 60.9 Å². The van der Waals surface area contributed by atoms with Crippen molar-refractivity contribution >= 4 is 16.4 Å². The predicted octanol–water partition coefficient (Wildman–Crippen LogP) is 2.94. The van der Waals surface area contributed by atoms with Crippen LogP contribution in [0.25, 0.3) is 27.9 Å². The molecule has 4 rings (SSSR count). The normalized spacial score (nSPS) is 11.2. The lowest BCUT2D eigenvalue weighted by Gasteiger charge is -1.98. The van der Waals surface area contributed by atoms with Crippen LogP contribution in [0, 0.1) is 0 Å². The molecule has 90 valence electrons. The van der Waals surface area contributed by atoms with E-state index in [0.717, 1.165) is 22.1 Å². The summed E-state index contributed by atoms with van der Waals surface area (Å²) in [5, 5.41) is 5.52. The Balaban J connectivity index is 1.93. The molecule has 0 aliphatic heterocycles. The Morgan fingerprint density at radius 2 is 1.84 bits per heavy atom. The quantitative estimate of drug-likeness (QED) is 0.518. The molecule has 0 saturated heterocycles. The second-order valence-corrected chi connectivity index (χ2v) is 4.35. The maximum absolute atomic E-state index is 4.55. The second-order valence-electron chi connectivity index (χ2n) is 4.35. The van der Waals surface area contributed by atoms with Crippen molar-refractivity contribution in [1.29, 1.82) is 0 Å². The van der Waals surface area contributed by atoms with Crippen molar-refractivity contribution in [1.82, 2.24) is 19.6 Å². The lowest BCUT2D eigenvalue weighted by atomic mass is 10.2. The SMILES string of the molecule is c1ccc2nc(-c3cc4ccccn4n3)ncc2c1. The fourth-order valence-corrected chi connectivity index (χ4v) is 2.14. The zero-order chi connectivity index (χ0) is 12.7. The van der Waals surface area contributed by atoms with Gasteiger partial charge in [0.25, 0.3) is 0 Å². The van der Waals surface area contributed by atoms with Gasteiger partial charge in [-0.1, -0.05) is 24.3 Å². The summed E-state index contributed by atoms with van der Waals surface area (Å²) >= 11 is 0. The van der Waals surface area contributed by atoms with Crippen LogP contribution in [0.1, 0.15) is 0 Å². The van der Waals surface area contributed by atoms with E-state index in [9.17, 15) is 0 Å². The molecule has 0 N–H and O–H groups in total. The van der Waals surface area contributed by atoms with Crippen LogP contribution >= 0.6 is 0 Å². The summed E-state index contributed by atoms with van der Waals surface area (Å²) < 4.78 is 1.83. The van der Waals surface area contributed by atoms with E-state index in [1.807, 2.05) is 65.4 Å². The zero-order valence-corrected chi connectivity index (χ0v) is 10.1. The van der Waals surface area contributed by atoms with Gasteiger partial charge in [-0.25, -0.2) is 14.5 Å². The van der Waals surface area contributed by atoms with Crippen LogP contribution in [-0.2, 0) is 0 Å². The number of fused-ring (bicyclic) bond motifs is 2. The van der Waals surface area contributed by atoms with Crippen molar-refractivity contribution in [2.24, 2.45) is 0 Å². The molecule has 0 radical (unpaired) electrons. The molecule has 4 heteroatoms. The monoisotopic (exact) mass is 246 g/mol. The molecule has 0 aliphatic rings. The first kappa shape index (κ1) is 10.2. The summed E-state index contributed by atoms with van der Waals surface area (Å²) in [6, 6.07) is 15.9. The number of hydrogen-bond donors (Lipinski definition) is 0. The van der Waals surface area contributed by atoms with Gasteiger partial charge >= 0.3 is 0 Å². The molecular formula is C15H10N4. The Labute approximate surface area is 109 Å². The molecule has 4 aromatic rings. The summed E-state index contributed by atoms with van der Waals surface area (Å²) in [4.78, 5) is 8.94. The van der Waals surface area contributed by atoms with Crippen LogP contribution in [0.2, 0.25) is 0 Å². The molecule has 19 heavy (non-hydrogen) atoms. The number of hydrogen-bond acceptors (Lipinski definition) is 3. The Morgan fingerprint density at radius 1 is 0.947 bits per heavy atom. The Kier molecular flexibility index (Phi) is 2.08. The summed E-state index contributed by atoms with van der Waals surface area (Å²) in [6.07, 6.45) is 3.75. The molecule has 0 bridgehead atoms. The molecule has 0 amide bonds. The number of nitrogens with zero attached hydrogens (tertiary/aromatic N) is 4. The van der Waals surface area contributed by atoms with E-state index in [1.165, 1.54) is 0 Å². The van der Waals surface area contributed by atoms with Crippen LogP contribution in [0.15, 0.2) is 60.9 Å². The average molecular weight is 246 g/mol. The van der Waals surface area contributed by atoms with Gasteiger partial charge in [0.1, 0.15) is 5.69 Å². The summed E-state index contributed by atoms with van der Waals surface area (Å²) in [5.74, 6) is 0.655. The average Bonchev–Trinajstić information content (AvgIpc) is 2.90. The lowest BCUT2D eigenvalue weighted by molar-refractivity contribution is 0.957. The van der Waals surface area contributed by atoms with Gasteiger partial charge < -0.3 is 0 Å². The third-order valence-corrected chi connectivity index (χ3v) is 3.09. The largest absolute Gasteiger partial charge is 0.240 e. The maximum atomic E-state index is 4.55. The van der Waals surface area contributed by atoms with Gasteiger partial charge in [0.05, 0.1) is 11.0 Å². The third-order valence-electron chi connectivity index (χ3n) is 3.09.